The van der Waals surface area contributed by atoms with E-state index in [1.54, 1.807) is 16.2 Å². The SMILES string of the molecule is CCOC(=O)N1CCC(NCc2cccs2)CC1. The van der Waals surface area contributed by atoms with E-state index in [1.807, 2.05) is 6.92 Å². The van der Waals surface area contributed by atoms with Gasteiger partial charge in [0.25, 0.3) is 0 Å². The zero-order chi connectivity index (χ0) is 12.8. The van der Waals surface area contributed by atoms with Gasteiger partial charge in [0.2, 0.25) is 0 Å². The number of thiophene rings is 1. The highest BCUT2D eigenvalue weighted by Crippen LogP contribution is 2.13. The molecule has 0 radical (unpaired) electrons. The van der Waals surface area contributed by atoms with Gasteiger partial charge in [-0.25, -0.2) is 4.79 Å². The van der Waals surface area contributed by atoms with Crippen LogP contribution in [-0.2, 0) is 11.3 Å². The molecule has 0 atom stereocenters. The van der Waals surface area contributed by atoms with Crippen molar-refractivity contribution in [3.63, 3.8) is 0 Å². The molecule has 18 heavy (non-hydrogen) atoms. The van der Waals surface area contributed by atoms with Crippen molar-refractivity contribution in [3.05, 3.63) is 22.4 Å². The summed E-state index contributed by atoms with van der Waals surface area (Å²) in [6.45, 7) is 4.81. The first-order valence-corrected chi connectivity index (χ1v) is 7.35. The molecule has 100 valence electrons. The minimum absolute atomic E-state index is 0.172. The van der Waals surface area contributed by atoms with Crippen molar-refractivity contribution in [1.29, 1.82) is 0 Å². The third-order valence-electron chi connectivity index (χ3n) is 3.17. The van der Waals surface area contributed by atoms with Crippen molar-refractivity contribution in [1.82, 2.24) is 10.2 Å². The van der Waals surface area contributed by atoms with Gasteiger partial charge < -0.3 is 15.0 Å². The van der Waals surface area contributed by atoms with Crippen LogP contribution in [0.2, 0.25) is 0 Å². The number of nitrogens with zero attached hydrogens (tertiary/aromatic N) is 1. The molecule has 1 fully saturated rings. The number of rotatable bonds is 4. The van der Waals surface area contributed by atoms with Crippen LogP contribution >= 0.6 is 11.3 Å². The van der Waals surface area contributed by atoms with Crippen LogP contribution in [0.1, 0.15) is 24.6 Å². The predicted octanol–water partition coefficient (Wildman–Crippen LogP) is 2.46. The summed E-state index contributed by atoms with van der Waals surface area (Å²) in [5.41, 5.74) is 0. The van der Waals surface area contributed by atoms with E-state index in [0.29, 0.717) is 12.6 Å². The van der Waals surface area contributed by atoms with Crippen molar-refractivity contribution in [2.75, 3.05) is 19.7 Å². The number of likely N-dealkylation sites (tertiary alicyclic amines) is 1. The average molecular weight is 268 g/mol. The Morgan fingerprint density at radius 1 is 1.56 bits per heavy atom. The van der Waals surface area contributed by atoms with Crippen LogP contribution in [0, 0.1) is 0 Å². The van der Waals surface area contributed by atoms with E-state index in [2.05, 4.69) is 22.8 Å². The highest BCUT2D eigenvalue weighted by molar-refractivity contribution is 7.09. The number of amides is 1. The van der Waals surface area contributed by atoms with Gasteiger partial charge in [0.05, 0.1) is 6.61 Å². The molecule has 1 amide bonds. The van der Waals surface area contributed by atoms with E-state index in [4.69, 9.17) is 4.74 Å². The molecule has 1 aliphatic heterocycles. The van der Waals surface area contributed by atoms with Crippen molar-refractivity contribution in [2.45, 2.75) is 32.4 Å². The van der Waals surface area contributed by atoms with Gasteiger partial charge in [-0.05, 0) is 31.2 Å². The van der Waals surface area contributed by atoms with Gasteiger partial charge in [-0.3, -0.25) is 0 Å². The summed E-state index contributed by atoms with van der Waals surface area (Å²) in [6.07, 6.45) is 1.84. The fourth-order valence-electron chi connectivity index (χ4n) is 2.14. The van der Waals surface area contributed by atoms with Crippen molar-refractivity contribution in [2.24, 2.45) is 0 Å². The van der Waals surface area contributed by atoms with Gasteiger partial charge in [0.15, 0.2) is 0 Å². The molecule has 4 nitrogen and oxygen atoms in total. The van der Waals surface area contributed by atoms with Crippen LogP contribution < -0.4 is 5.32 Å². The van der Waals surface area contributed by atoms with E-state index in [0.717, 1.165) is 32.5 Å². The standard InChI is InChI=1S/C13H20N2O2S/c1-2-17-13(16)15-7-5-11(6-8-15)14-10-12-4-3-9-18-12/h3-4,9,11,14H,2,5-8,10H2,1H3. The summed E-state index contributed by atoms with van der Waals surface area (Å²) in [5.74, 6) is 0. The summed E-state index contributed by atoms with van der Waals surface area (Å²) >= 11 is 1.78. The molecule has 2 rings (SSSR count). The number of hydrogen-bond donors (Lipinski definition) is 1. The van der Waals surface area contributed by atoms with Gasteiger partial charge >= 0.3 is 6.09 Å². The second-order valence-electron chi connectivity index (χ2n) is 4.42. The minimum Gasteiger partial charge on any atom is -0.450 e. The number of nitrogens with one attached hydrogen (secondary N) is 1. The summed E-state index contributed by atoms with van der Waals surface area (Å²) in [4.78, 5) is 14.7. The molecule has 0 saturated carbocycles. The quantitative estimate of drug-likeness (QED) is 0.912. The molecule has 1 N–H and O–H groups in total. The molecule has 1 aromatic heterocycles. The molecule has 1 saturated heterocycles. The summed E-state index contributed by atoms with van der Waals surface area (Å²) in [7, 11) is 0. The van der Waals surface area contributed by atoms with Gasteiger partial charge in [-0.1, -0.05) is 6.07 Å². The predicted molar refractivity (Wildman–Crippen MR) is 72.8 cm³/mol. The normalized spacial score (nSPS) is 16.8. The highest BCUT2D eigenvalue weighted by Gasteiger charge is 2.22. The van der Waals surface area contributed by atoms with E-state index in [-0.39, 0.29) is 6.09 Å². The van der Waals surface area contributed by atoms with Crippen LogP contribution in [-0.4, -0.2) is 36.7 Å². The average Bonchev–Trinajstić information content (AvgIpc) is 2.90. The van der Waals surface area contributed by atoms with Crippen molar-refractivity contribution >= 4 is 17.4 Å². The first-order chi connectivity index (χ1) is 8.79. The van der Waals surface area contributed by atoms with Crippen LogP contribution in [0.25, 0.3) is 0 Å². The summed E-state index contributed by atoms with van der Waals surface area (Å²) < 4.78 is 5.00. The number of carbonyl (C=O) groups is 1. The third kappa shape index (κ3) is 3.71. The highest BCUT2D eigenvalue weighted by atomic mass is 32.1. The fourth-order valence-corrected chi connectivity index (χ4v) is 2.79. The Morgan fingerprint density at radius 3 is 2.94 bits per heavy atom. The Kier molecular flexibility index (Phi) is 5.01. The number of piperidine rings is 1. The maximum atomic E-state index is 11.5. The van der Waals surface area contributed by atoms with E-state index >= 15 is 0 Å². The Labute approximate surface area is 112 Å². The molecule has 5 heteroatoms. The lowest BCUT2D eigenvalue weighted by Gasteiger charge is -2.31. The van der Waals surface area contributed by atoms with Gasteiger partial charge in [0.1, 0.15) is 0 Å². The second kappa shape index (κ2) is 6.75. The van der Waals surface area contributed by atoms with E-state index in [1.165, 1.54) is 4.88 Å². The molecular formula is C13H20N2O2S. The Balaban J connectivity index is 1.68. The Bertz CT molecular complexity index is 359. The maximum absolute atomic E-state index is 11.5. The van der Waals surface area contributed by atoms with Crippen LogP contribution in [0.3, 0.4) is 0 Å². The lowest BCUT2D eigenvalue weighted by molar-refractivity contribution is 0.0950. The number of ether oxygens (including phenoxy) is 1. The summed E-state index contributed by atoms with van der Waals surface area (Å²) in [6, 6.07) is 4.73. The second-order valence-corrected chi connectivity index (χ2v) is 5.45. The molecule has 0 aromatic carbocycles. The number of carbonyl (C=O) groups excluding carboxylic acids is 1. The topological polar surface area (TPSA) is 41.6 Å². The van der Waals surface area contributed by atoms with Crippen LogP contribution in [0.15, 0.2) is 17.5 Å². The lowest BCUT2D eigenvalue weighted by Crippen LogP contribution is -2.44. The first-order valence-electron chi connectivity index (χ1n) is 6.47. The lowest BCUT2D eigenvalue weighted by atomic mass is 10.1. The molecule has 0 spiro atoms. The molecule has 2 heterocycles. The van der Waals surface area contributed by atoms with E-state index < -0.39 is 0 Å². The maximum Gasteiger partial charge on any atom is 0.409 e. The van der Waals surface area contributed by atoms with Gasteiger partial charge in [-0.2, -0.15) is 0 Å². The molecule has 1 aliphatic rings. The van der Waals surface area contributed by atoms with Crippen molar-refractivity contribution in [3.8, 4) is 0 Å². The Morgan fingerprint density at radius 2 is 2.33 bits per heavy atom. The smallest absolute Gasteiger partial charge is 0.409 e. The zero-order valence-corrected chi connectivity index (χ0v) is 11.5. The van der Waals surface area contributed by atoms with Gasteiger partial charge in [-0.15, -0.1) is 11.3 Å². The molecule has 0 unspecified atom stereocenters. The van der Waals surface area contributed by atoms with Crippen molar-refractivity contribution < 1.29 is 9.53 Å². The van der Waals surface area contributed by atoms with Crippen LogP contribution in [0.5, 0.6) is 0 Å². The largest absolute Gasteiger partial charge is 0.450 e. The third-order valence-corrected chi connectivity index (χ3v) is 4.04. The fraction of sp³-hybridized carbons (Fsp3) is 0.615. The van der Waals surface area contributed by atoms with Gasteiger partial charge in [0, 0.05) is 30.6 Å². The molecular weight excluding hydrogens is 248 g/mol. The summed E-state index contributed by atoms with van der Waals surface area (Å²) in [5, 5.41) is 5.64. The Hall–Kier alpha value is -1.07. The first kappa shape index (κ1) is 13.4. The molecule has 0 aliphatic carbocycles. The monoisotopic (exact) mass is 268 g/mol. The number of hydrogen-bond acceptors (Lipinski definition) is 4. The molecule has 1 aromatic rings. The van der Waals surface area contributed by atoms with E-state index in [9.17, 15) is 4.79 Å². The minimum atomic E-state index is -0.172. The van der Waals surface area contributed by atoms with Crippen LogP contribution in [0.4, 0.5) is 4.79 Å². The molecule has 0 bridgehead atoms. The zero-order valence-electron chi connectivity index (χ0n) is 10.7.